The summed E-state index contributed by atoms with van der Waals surface area (Å²) in [4.78, 5) is 9.67. The maximum absolute atomic E-state index is 13.1. The zero-order valence-corrected chi connectivity index (χ0v) is 8.17. The Kier molecular flexibility index (Phi) is 2.82. The second-order valence-corrected chi connectivity index (χ2v) is 2.97. The molecule has 0 unspecified atom stereocenters. The molecule has 0 saturated carbocycles. The quantitative estimate of drug-likeness (QED) is 0.598. The van der Waals surface area contributed by atoms with E-state index >= 15 is 0 Å². The minimum absolute atomic E-state index is 0.0301. The molecule has 0 aliphatic rings. The van der Waals surface area contributed by atoms with Crippen LogP contribution < -0.4 is 4.74 Å². The Bertz CT molecular complexity index is 356. The van der Waals surface area contributed by atoms with Crippen molar-refractivity contribution in [3.8, 4) is 5.75 Å². The number of benzene rings is 1. The van der Waals surface area contributed by atoms with E-state index in [1.807, 2.05) is 0 Å². The van der Waals surface area contributed by atoms with E-state index < -0.39 is 10.7 Å². The van der Waals surface area contributed by atoms with Gasteiger partial charge < -0.3 is 4.74 Å². The molecule has 0 spiro atoms. The van der Waals surface area contributed by atoms with Gasteiger partial charge in [0.05, 0.1) is 12.0 Å². The van der Waals surface area contributed by atoms with E-state index in [1.165, 1.54) is 19.2 Å². The highest BCUT2D eigenvalue weighted by molar-refractivity contribution is 9.10. The summed E-state index contributed by atoms with van der Waals surface area (Å²) in [5, 5.41) is 10.3. The number of ether oxygens (including phenoxy) is 1. The van der Waals surface area contributed by atoms with Crippen molar-refractivity contribution in [2.45, 2.75) is 0 Å². The first-order valence-corrected chi connectivity index (χ1v) is 4.03. The molecule has 6 heteroatoms. The first kappa shape index (κ1) is 9.91. The van der Waals surface area contributed by atoms with Gasteiger partial charge in [-0.25, -0.2) is 4.39 Å². The van der Waals surface area contributed by atoms with Crippen molar-refractivity contribution in [3.63, 3.8) is 0 Å². The lowest BCUT2D eigenvalue weighted by atomic mass is 10.3. The molecule has 1 aromatic carbocycles. The van der Waals surface area contributed by atoms with Crippen LogP contribution in [0.2, 0.25) is 0 Å². The number of methoxy groups -OCH3 is 1. The van der Waals surface area contributed by atoms with Crippen LogP contribution in [0.25, 0.3) is 0 Å². The lowest BCUT2D eigenvalue weighted by Gasteiger charge is -2.02. The molecule has 0 amide bonds. The molecule has 0 N–H and O–H groups in total. The number of rotatable bonds is 2. The Balaban J connectivity index is 3.31. The van der Waals surface area contributed by atoms with Crippen molar-refractivity contribution in [2.75, 3.05) is 7.11 Å². The van der Waals surface area contributed by atoms with E-state index in [1.54, 1.807) is 0 Å². The van der Waals surface area contributed by atoms with Gasteiger partial charge in [-0.15, -0.1) is 0 Å². The fourth-order valence-electron chi connectivity index (χ4n) is 0.820. The average molecular weight is 250 g/mol. The standard InChI is InChI=1S/C7H5BrFNO3/c1-13-5-3-2-4(10(11)12)6(8)7(5)9/h2-3H,1H3. The van der Waals surface area contributed by atoms with Crippen LogP contribution in [0.15, 0.2) is 16.6 Å². The Morgan fingerprint density at radius 3 is 2.69 bits per heavy atom. The van der Waals surface area contributed by atoms with Crippen molar-refractivity contribution >= 4 is 21.6 Å². The van der Waals surface area contributed by atoms with Crippen LogP contribution in [0, 0.1) is 15.9 Å². The van der Waals surface area contributed by atoms with E-state index in [0.717, 1.165) is 0 Å². The molecular weight excluding hydrogens is 245 g/mol. The van der Waals surface area contributed by atoms with Crippen LogP contribution in [0.5, 0.6) is 5.75 Å². The van der Waals surface area contributed by atoms with Crippen LogP contribution in [0.3, 0.4) is 0 Å². The summed E-state index contributed by atoms with van der Waals surface area (Å²) >= 11 is 2.78. The van der Waals surface area contributed by atoms with Gasteiger partial charge in [-0.3, -0.25) is 10.1 Å². The molecule has 13 heavy (non-hydrogen) atoms. The molecule has 0 aromatic heterocycles. The molecule has 70 valence electrons. The van der Waals surface area contributed by atoms with Gasteiger partial charge in [0.25, 0.3) is 5.69 Å². The largest absolute Gasteiger partial charge is 0.494 e. The molecule has 1 rings (SSSR count). The SMILES string of the molecule is COc1ccc([N+](=O)[O-])c(Br)c1F. The molecule has 4 nitrogen and oxygen atoms in total. The highest BCUT2D eigenvalue weighted by atomic mass is 79.9. The number of hydrogen-bond donors (Lipinski definition) is 0. The van der Waals surface area contributed by atoms with E-state index in [9.17, 15) is 14.5 Å². The van der Waals surface area contributed by atoms with Gasteiger partial charge in [0.1, 0.15) is 4.47 Å². The number of nitrogens with zero attached hydrogens (tertiary/aromatic N) is 1. The predicted molar refractivity (Wildman–Crippen MR) is 47.3 cm³/mol. The highest BCUT2D eigenvalue weighted by Crippen LogP contribution is 2.32. The van der Waals surface area contributed by atoms with E-state index in [2.05, 4.69) is 20.7 Å². The fraction of sp³-hybridized carbons (Fsp3) is 0.143. The molecule has 1 aromatic rings. The van der Waals surface area contributed by atoms with E-state index in [4.69, 9.17) is 0 Å². The smallest absolute Gasteiger partial charge is 0.286 e. The zero-order chi connectivity index (χ0) is 10.0. The molecule has 0 saturated heterocycles. The first-order chi connectivity index (χ1) is 6.07. The zero-order valence-electron chi connectivity index (χ0n) is 6.58. The van der Waals surface area contributed by atoms with Crippen molar-refractivity contribution in [1.82, 2.24) is 0 Å². The molecule has 0 aliphatic heterocycles. The summed E-state index contributed by atoms with van der Waals surface area (Å²) in [6.45, 7) is 0. The van der Waals surface area contributed by atoms with E-state index in [-0.39, 0.29) is 15.9 Å². The average Bonchev–Trinajstić information content (AvgIpc) is 2.09. The third-order valence-electron chi connectivity index (χ3n) is 1.44. The Morgan fingerprint density at radius 1 is 1.62 bits per heavy atom. The van der Waals surface area contributed by atoms with Crippen molar-refractivity contribution < 1.29 is 14.1 Å². The summed E-state index contributed by atoms with van der Waals surface area (Å²) in [6, 6.07) is 2.38. The summed E-state index contributed by atoms with van der Waals surface area (Å²) in [5.41, 5.74) is -0.321. The van der Waals surface area contributed by atoms with Gasteiger partial charge in [-0.2, -0.15) is 0 Å². The Labute approximate surface area is 81.6 Å². The Morgan fingerprint density at radius 2 is 2.23 bits per heavy atom. The Hall–Kier alpha value is -1.17. The molecule has 0 bridgehead atoms. The topological polar surface area (TPSA) is 52.4 Å². The third-order valence-corrected chi connectivity index (χ3v) is 2.20. The number of nitro groups is 1. The van der Waals surface area contributed by atoms with Gasteiger partial charge in [0, 0.05) is 6.07 Å². The lowest BCUT2D eigenvalue weighted by molar-refractivity contribution is -0.385. The summed E-state index contributed by atoms with van der Waals surface area (Å²) < 4.78 is 17.6. The van der Waals surface area contributed by atoms with Crippen LogP contribution in [-0.4, -0.2) is 12.0 Å². The fourth-order valence-corrected chi connectivity index (χ4v) is 1.29. The third kappa shape index (κ3) is 1.77. The normalized spacial score (nSPS) is 9.77. The number of hydrogen-bond acceptors (Lipinski definition) is 3. The van der Waals surface area contributed by atoms with Gasteiger partial charge in [0.15, 0.2) is 11.6 Å². The minimum atomic E-state index is -0.767. The van der Waals surface area contributed by atoms with Crippen LogP contribution >= 0.6 is 15.9 Å². The van der Waals surface area contributed by atoms with Gasteiger partial charge in [0.2, 0.25) is 0 Å². The summed E-state index contributed by atoms with van der Waals surface area (Å²) in [7, 11) is 1.29. The van der Waals surface area contributed by atoms with Gasteiger partial charge in [-0.05, 0) is 22.0 Å². The summed E-state index contributed by atoms with van der Waals surface area (Å²) in [5.74, 6) is -0.797. The van der Waals surface area contributed by atoms with Gasteiger partial charge in [-0.1, -0.05) is 0 Å². The molecular formula is C7H5BrFNO3. The first-order valence-electron chi connectivity index (χ1n) is 3.24. The van der Waals surface area contributed by atoms with Crippen molar-refractivity contribution in [2.24, 2.45) is 0 Å². The monoisotopic (exact) mass is 249 g/mol. The van der Waals surface area contributed by atoms with Crippen molar-refractivity contribution in [1.29, 1.82) is 0 Å². The van der Waals surface area contributed by atoms with Crippen molar-refractivity contribution in [3.05, 3.63) is 32.5 Å². The summed E-state index contributed by atoms with van der Waals surface area (Å²) in [6.07, 6.45) is 0. The maximum atomic E-state index is 13.1. The van der Waals surface area contributed by atoms with Crippen LogP contribution in [-0.2, 0) is 0 Å². The lowest BCUT2D eigenvalue weighted by Crippen LogP contribution is -1.94. The molecule has 0 fully saturated rings. The number of nitro benzene ring substituents is 1. The second-order valence-electron chi connectivity index (χ2n) is 2.17. The predicted octanol–water partition coefficient (Wildman–Crippen LogP) is 2.51. The molecule has 0 radical (unpaired) electrons. The van der Waals surface area contributed by atoms with Gasteiger partial charge >= 0.3 is 0 Å². The molecule has 0 atom stereocenters. The van der Waals surface area contributed by atoms with Crippen LogP contribution in [0.1, 0.15) is 0 Å². The highest BCUT2D eigenvalue weighted by Gasteiger charge is 2.18. The molecule has 0 heterocycles. The number of halogens is 2. The molecule has 0 aliphatic carbocycles. The second kappa shape index (κ2) is 3.69. The maximum Gasteiger partial charge on any atom is 0.286 e. The van der Waals surface area contributed by atoms with Crippen LogP contribution in [0.4, 0.5) is 10.1 Å². The minimum Gasteiger partial charge on any atom is -0.494 e. The van der Waals surface area contributed by atoms with E-state index in [0.29, 0.717) is 0 Å².